The van der Waals surface area contributed by atoms with Gasteiger partial charge in [0.1, 0.15) is 0 Å². The first-order valence-corrected chi connectivity index (χ1v) is 9.04. The van der Waals surface area contributed by atoms with Gasteiger partial charge in [0, 0.05) is 10.9 Å². The number of nitrogens with zero attached hydrogens (tertiary/aromatic N) is 1. The summed E-state index contributed by atoms with van der Waals surface area (Å²) in [5, 5.41) is 5.94. The van der Waals surface area contributed by atoms with E-state index in [4.69, 9.17) is 0 Å². The second kappa shape index (κ2) is 8.16. The minimum atomic E-state index is 0.524. The van der Waals surface area contributed by atoms with Crippen molar-refractivity contribution in [1.82, 2.24) is 10.2 Å². The number of hydrogen-bond acceptors (Lipinski definition) is 3. The Kier molecular flexibility index (Phi) is 6.53. The van der Waals surface area contributed by atoms with Crippen LogP contribution in [0.25, 0.3) is 0 Å². The van der Waals surface area contributed by atoms with Crippen LogP contribution in [0, 0.1) is 11.8 Å². The van der Waals surface area contributed by atoms with Crippen LogP contribution in [0.1, 0.15) is 51.0 Å². The van der Waals surface area contributed by atoms with Gasteiger partial charge >= 0.3 is 0 Å². The summed E-state index contributed by atoms with van der Waals surface area (Å²) in [7, 11) is 0. The van der Waals surface area contributed by atoms with Gasteiger partial charge in [-0.1, -0.05) is 26.8 Å². The molecule has 1 atom stereocenters. The van der Waals surface area contributed by atoms with Gasteiger partial charge in [-0.15, -0.1) is 11.3 Å². The van der Waals surface area contributed by atoms with Crippen molar-refractivity contribution in [3.05, 3.63) is 22.4 Å². The van der Waals surface area contributed by atoms with Crippen molar-refractivity contribution in [1.29, 1.82) is 0 Å². The third-order valence-corrected chi connectivity index (χ3v) is 5.36. The number of hydrogen-bond donors (Lipinski definition) is 1. The third kappa shape index (κ3) is 4.87. The van der Waals surface area contributed by atoms with E-state index in [-0.39, 0.29) is 0 Å². The Balaban J connectivity index is 1.66. The van der Waals surface area contributed by atoms with Gasteiger partial charge in [-0.05, 0) is 68.7 Å². The predicted molar refractivity (Wildman–Crippen MR) is 89.4 cm³/mol. The molecule has 2 rings (SSSR count). The Morgan fingerprint density at radius 1 is 1.35 bits per heavy atom. The molecule has 0 spiro atoms. The van der Waals surface area contributed by atoms with Crippen LogP contribution in [0.3, 0.4) is 0 Å². The first-order chi connectivity index (χ1) is 9.66. The highest BCUT2D eigenvalue weighted by Gasteiger charge is 2.17. The maximum absolute atomic E-state index is 3.75. The van der Waals surface area contributed by atoms with E-state index in [1.165, 1.54) is 43.8 Å². The number of nitrogens with one attached hydrogen (secondary N) is 1. The Labute approximate surface area is 128 Å². The molecule has 0 aliphatic carbocycles. The molecule has 1 fully saturated rings. The van der Waals surface area contributed by atoms with Gasteiger partial charge in [-0.25, -0.2) is 0 Å². The molecule has 3 heteroatoms. The number of thiophene rings is 1. The molecule has 0 radical (unpaired) electrons. The Morgan fingerprint density at radius 3 is 2.70 bits per heavy atom. The van der Waals surface area contributed by atoms with E-state index >= 15 is 0 Å². The average Bonchev–Trinajstić information content (AvgIpc) is 2.94. The first kappa shape index (κ1) is 16.0. The number of piperidine rings is 1. The summed E-state index contributed by atoms with van der Waals surface area (Å²) < 4.78 is 0. The fourth-order valence-electron chi connectivity index (χ4n) is 2.98. The van der Waals surface area contributed by atoms with Crippen molar-refractivity contribution >= 4 is 11.3 Å². The van der Waals surface area contributed by atoms with Gasteiger partial charge in [-0.3, -0.25) is 0 Å². The molecular formula is C17H30N2S. The van der Waals surface area contributed by atoms with Gasteiger partial charge in [0.2, 0.25) is 0 Å². The molecule has 1 aliphatic heterocycles. The molecule has 0 bridgehead atoms. The quantitative estimate of drug-likeness (QED) is 0.760. The molecule has 2 heterocycles. The van der Waals surface area contributed by atoms with Crippen molar-refractivity contribution in [2.24, 2.45) is 11.8 Å². The minimum Gasteiger partial charge on any atom is -0.309 e. The maximum atomic E-state index is 3.75. The maximum Gasteiger partial charge on any atom is 0.0438 e. The predicted octanol–water partition coefficient (Wildman–Crippen LogP) is 4.16. The lowest BCUT2D eigenvalue weighted by atomic mass is 9.99. The minimum absolute atomic E-state index is 0.524. The van der Waals surface area contributed by atoms with Crippen LogP contribution in [-0.4, -0.2) is 31.1 Å². The molecule has 0 saturated carbocycles. The summed E-state index contributed by atoms with van der Waals surface area (Å²) in [5.41, 5.74) is 0. The van der Waals surface area contributed by atoms with Crippen LogP contribution in [-0.2, 0) is 0 Å². The second-order valence-corrected chi connectivity index (χ2v) is 7.55. The normalized spacial score (nSPS) is 19.6. The Morgan fingerprint density at radius 2 is 2.10 bits per heavy atom. The topological polar surface area (TPSA) is 15.3 Å². The first-order valence-electron chi connectivity index (χ1n) is 8.16. The zero-order chi connectivity index (χ0) is 14.4. The van der Waals surface area contributed by atoms with Crippen LogP contribution in [0.4, 0.5) is 0 Å². The molecular weight excluding hydrogens is 264 g/mol. The number of likely N-dealkylation sites (tertiary alicyclic amines) is 1. The molecule has 0 aromatic carbocycles. The van der Waals surface area contributed by atoms with Crippen molar-refractivity contribution in [3.8, 4) is 0 Å². The lowest BCUT2D eigenvalue weighted by molar-refractivity contribution is 0.189. The summed E-state index contributed by atoms with van der Waals surface area (Å²) in [6, 6.07) is 4.94. The van der Waals surface area contributed by atoms with Gasteiger partial charge in [0.25, 0.3) is 0 Å². The van der Waals surface area contributed by atoms with Crippen LogP contribution < -0.4 is 5.32 Å². The summed E-state index contributed by atoms with van der Waals surface area (Å²) in [6.45, 7) is 12.0. The lowest BCUT2D eigenvalue weighted by Crippen LogP contribution is -2.35. The average molecular weight is 295 g/mol. The molecule has 114 valence electrons. The van der Waals surface area contributed by atoms with Crippen LogP contribution in [0.5, 0.6) is 0 Å². The fourth-order valence-corrected chi connectivity index (χ4v) is 3.95. The standard InChI is InChI=1S/C17H30N2S/c1-14(2)17(16-6-4-13-20-16)18-9-5-10-19-11-7-15(3)8-12-19/h4,6,13-15,17-18H,5,7-12H2,1-3H3. The fraction of sp³-hybridized carbons (Fsp3) is 0.765. The summed E-state index contributed by atoms with van der Waals surface area (Å²) in [6.07, 6.45) is 4.04. The van der Waals surface area contributed by atoms with Crippen LogP contribution >= 0.6 is 11.3 Å². The molecule has 0 amide bonds. The summed E-state index contributed by atoms with van der Waals surface area (Å²) >= 11 is 1.87. The smallest absolute Gasteiger partial charge is 0.0438 e. The molecule has 1 unspecified atom stereocenters. The van der Waals surface area contributed by atoms with E-state index in [1.54, 1.807) is 0 Å². The van der Waals surface area contributed by atoms with Gasteiger partial charge < -0.3 is 10.2 Å². The van der Waals surface area contributed by atoms with Crippen LogP contribution in [0.2, 0.25) is 0 Å². The molecule has 1 N–H and O–H groups in total. The largest absolute Gasteiger partial charge is 0.309 e. The van der Waals surface area contributed by atoms with Crippen molar-refractivity contribution in [2.45, 2.75) is 46.1 Å². The molecule has 1 saturated heterocycles. The van der Waals surface area contributed by atoms with E-state index in [0.717, 1.165) is 12.5 Å². The lowest BCUT2D eigenvalue weighted by Gasteiger charge is -2.30. The van der Waals surface area contributed by atoms with Gasteiger partial charge in [0.05, 0.1) is 0 Å². The molecule has 2 nitrogen and oxygen atoms in total. The monoisotopic (exact) mass is 294 g/mol. The summed E-state index contributed by atoms with van der Waals surface area (Å²) in [5.74, 6) is 1.60. The third-order valence-electron chi connectivity index (χ3n) is 4.41. The zero-order valence-corrected chi connectivity index (χ0v) is 14.1. The van der Waals surface area contributed by atoms with E-state index in [2.05, 4.69) is 48.5 Å². The van der Waals surface area contributed by atoms with Crippen LogP contribution in [0.15, 0.2) is 17.5 Å². The highest BCUT2D eigenvalue weighted by Crippen LogP contribution is 2.25. The number of rotatable bonds is 7. The highest BCUT2D eigenvalue weighted by atomic mass is 32.1. The van der Waals surface area contributed by atoms with Gasteiger partial charge in [0.15, 0.2) is 0 Å². The molecule has 1 aromatic heterocycles. The van der Waals surface area contributed by atoms with E-state index in [0.29, 0.717) is 12.0 Å². The highest BCUT2D eigenvalue weighted by molar-refractivity contribution is 7.10. The zero-order valence-electron chi connectivity index (χ0n) is 13.3. The second-order valence-electron chi connectivity index (χ2n) is 6.57. The molecule has 1 aliphatic rings. The Bertz CT molecular complexity index is 353. The van der Waals surface area contributed by atoms with E-state index in [9.17, 15) is 0 Å². The van der Waals surface area contributed by atoms with E-state index < -0.39 is 0 Å². The van der Waals surface area contributed by atoms with Crippen molar-refractivity contribution in [2.75, 3.05) is 26.2 Å². The molecule has 1 aromatic rings. The SMILES string of the molecule is CC1CCN(CCCNC(c2cccs2)C(C)C)CC1. The van der Waals surface area contributed by atoms with Gasteiger partial charge in [-0.2, -0.15) is 0 Å². The Hall–Kier alpha value is -0.380. The summed E-state index contributed by atoms with van der Waals surface area (Å²) in [4.78, 5) is 4.11. The van der Waals surface area contributed by atoms with Crippen molar-refractivity contribution in [3.63, 3.8) is 0 Å². The van der Waals surface area contributed by atoms with E-state index in [1.807, 2.05) is 11.3 Å². The van der Waals surface area contributed by atoms with Crippen molar-refractivity contribution < 1.29 is 0 Å². The molecule has 20 heavy (non-hydrogen) atoms.